The second-order valence-electron chi connectivity index (χ2n) is 7.77. The van der Waals surface area contributed by atoms with Gasteiger partial charge in [0.1, 0.15) is 11.6 Å². The number of carbonyl (C=O) groups excluding carboxylic acids is 3. The lowest BCUT2D eigenvalue weighted by Gasteiger charge is -2.33. The number of carbonyl (C=O) groups is 3. The number of hydrogen-bond acceptors (Lipinski definition) is 5. The van der Waals surface area contributed by atoms with Gasteiger partial charge in [-0.05, 0) is 33.1 Å². The molecular weight excluding hydrogens is 338 g/mol. The first-order valence-electron chi connectivity index (χ1n) is 9.54. The van der Waals surface area contributed by atoms with Gasteiger partial charge in [-0.2, -0.15) is 0 Å². The fourth-order valence-electron chi connectivity index (χ4n) is 4.83. The molecule has 0 aromatic heterocycles. The third kappa shape index (κ3) is 2.79. The molecule has 0 aromatic rings. The Balaban J connectivity index is 1.94. The van der Waals surface area contributed by atoms with Crippen molar-refractivity contribution in [2.24, 2.45) is 11.8 Å². The van der Waals surface area contributed by atoms with Crippen LogP contribution in [0.3, 0.4) is 0 Å². The van der Waals surface area contributed by atoms with Gasteiger partial charge in [0.15, 0.2) is 0 Å². The summed E-state index contributed by atoms with van der Waals surface area (Å²) in [5, 5.41) is 15.1. The van der Waals surface area contributed by atoms with E-state index in [0.717, 1.165) is 6.42 Å². The van der Waals surface area contributed by atoms with E-state index in [1.165, 1.54) is 4.90 Å². The normalized spacial score (nSPS) is 35.1. The molecule has 3 fully saturated rings. The van der Waals surface area contributed by atoms with Gasteiger partial charge in [0, 0.05) is 19.1 Å². The van der Waals surface area contributed by atoms with E-state index in [1.54, 1.807) is 0 Å². The van der Waals surface area contributed by atoms with Crippen LogP contribution in [-0.4, -0.2) is 71.2 Å². The highest BCUT2D eigenvalue weighted by Gasteiger charge is 2.74. The summed E-state index contributed by atoms with van der Waals surface area (Å²) < 4.78 is 6.19. The molecule has 0 radical (unpaired) electrons. The van der Waals surface area contributed by atoms with E-state index < -0.39 is 23.5 Å². The summed E-state index contributed by atoms with van der Waals surface area (Å²) in [4.78, 5) is 40.1. The Morgan fingerprint density at radius 2 is 2.12 bits per heavy atom. The summed E-state index contributed by atoms with van der Waals surface area (Å²) >= 11 is 0. The van der Waals surface area contributed by atoms with Crippen LogP contribution in [0.15, 0.2) is 0 Å². The maximum absolute atomic E-state index is 13.1. The molecule has 3 heterocycles. The molecule has 26 heavy (non-hydrogen) atoms. The Bertz CT molecular complexity index is 595. The van der Waals surface area contributed by atoms with Gasteiger partial charge >= 0.3 is 0 Å². The average Bonchev–Trinajstić information content (AvgIpc) is 3.20. The largest absolute Gasteiger partial charge is 0.395 e. The highest BCUT2D eigenvalue weighted by Crippen LogP contribution is 2.58. The van der Waals surface area contributed by atoms with E-state index >= 15 is 0 Å². The number of aliphatic hydroxyl groups excluding tert-OH is 1. The zero-order chi connectivity index (χ0) is 19.1. The number of β-amino-alcohol motifs (C(OH)–C–C–N with tert-alkyl or cyclic N) is 1. The number of ether oxygens (including phenoxy) is 1. The van der Waals surface area contributed by atoms with Crippen molar-refractivity contribution >= 4 is 17.7 Å². The standard InChI is InChI=1S/C18H29N3O5/c1-4-7-19-15(23)12-11-5-6-18(26-11)13(12)17(25)21(8-9-22)14(18)16(24)20-10(2)3/h10-14,22H,4-9H2,1-3H3,(H,19,23)(H,20,24)/t11-,12+,13-,14?,18?/m0/s1. The van der Waals surface area contributed by atoms with Crippen LogP contribution in [0.4, 0.5) is 0 Å². The Kier molecular flexibility index (Phi) is 5.25. The molecule has 8 nitrogen and oxygen atoms in total. The number of likely N-dealkylation sites (tertiary alicyclic amines) is 1. The topological polar surface area (TPSA) is 108 Å². The van der Waals surface area contributed by atoms with Crippen molar-refractivity contribution < 1.29 is 24.2 Å². The number of aliphatic hydroxyl groups is 1. The Hall–Kier alpha value is -1.67. The van der Waals surface area contributed by atoms with E-state index in [2.05, 4.69) is 10.6 Å². The summed E-state index contributed by atoms with van der Waals surface area (Å²) in [5.74, 6) is -1.94. The van der Waals surface area contributed by atoms with Crippen molar-refractivity contribution in [3.8, 4) is 0 Å². The maximum Gasteiger partial charge on any atom is 0.246 e. The zero-order valence-corrected chi connectivity index (χ0v) is 15.7. The summed E-state index contributed by atoms with van der Waals surface area (Å²) in [6.45, 7) is 6.05. The molecule has 0 saturated carbocycles. The van der Waals surface area contributed by atoms with E-state index in [-0.39, 0.29) is 43.0 Å². The summed E-state index contributed by atoms with van der Waals surface area (Å²) in [6, 6.07) is -0.880. The van der Waals surface area contributed by atoms with E-state index in [0.29, 0.717) is 19.4 Å². The summed E-state index contributed by atoms with van der Waals surface area (Å²) in [7, 11) is 0. The number of fused-ring (bicyclic) bond motifs is 1. The minimum absolute atomic E-state index is 0.0601. The summed E-state index contributed by atoms with van der Waals surface area (Å²) in [5.41, 5.74) is -0.968. The Morgan fingerprint density at radius 1 is 1.38 bits per heavy atom. The number of rotatable bonds is 7. The van der Waals surface area contributed by atoms with Gasteiger partial charge < -0.3 is 25.4 Å². The third-order valence-corrected chi connectivity index (χ3v) is 5.67. The molecule has 8 heteroatoms. The second kappa shape index (κ2) is 7.15. The van der Waals surface area contributed by atoms with Crippen molar-refractivity contribution in [2.45, 2.75) is 63.8 Å². The lowest BCUT2D eigenvalue weighted by molar-refractivity contribution is -0.142. The van der Waals surface area contributed by atoms with Gasteiger partial charge in [-0.25, -0.2) is 0 Å². The number of nitrogens with one attached hydrogen (secondary N) is 2. The molecule has 3 aliphatic heterocycles. The van der Waals surface area contributed by atoms with Crippen molar-refractivity contribution in [3.05, 3.63) is 0 Å². The smallest absolute Gasteiger partial charge is 0.246 e. The predicted octanol–water partition coefficient (Wildman–Crippen LogP) is -0.596. The molecule has 0 aromatic carbocycles. The first kappa shape index (κ1) is 19.1. The van der Waals surface area contributed by atoms with Crippen molar-refractivity contribution in [1.82, 2.24) is 15.5 Å². The SMILES string of the molecule is CCCNC(=O)[C@@H]1[C@@H]2CCC3(O2)C(C(=O)NC(C)C)N(CCO)C(=O)[C@H]13. The molecule has 5 atom stereocenters. The lowest BCUT2D eigenvalue weighted by Crippen LogP contribution is -2.56. The first-order chi connectivity index (χ1) is 12.4. The van der Waals surface area contributed by atoms with Gasteiger partial charge in [0.2, 0.25) is 17.7 Å². The molecule has 2 bridgehead atoms. The van der Waals surface area contributed by atoms with Crippen LogP contribution in [0, 0.1) is 11.8 Å². The quantitative estimate of drug-likeness (QED) is 0.557. The highest BCUT2D eigenvalue weighted by molar-refractivity contribution is 5.98. The minimum Gasteiger partial charge on any atom is -0.395 e. The average molecular weight is 367 g/mol. The van der Waals surface area contributed by atoms with Crippen LogP contribution < -0.4 is 10.6 Å². The van der Waals surface area contributed by atoms with Crippen LogP contribution in [0.1, 0.15) is 40.0 Å². The van der Waals surface area contributed by atoms with E-state index in [9.17, 15) is 19.5 Å². The Labute approximate surface area is 153 Å². The predicted molar refractivity (Wildman–Crippen MR) is 93.0 cm³/mol. The molecule has 3 aliphatic rings. The van der Waals surface area contributed by atoms with Gasteiger partial charge in [-0.15, -0.1) is 0 Å². The zero-order valence-electron chi connectivity index (χ0n) is 15.7. The van der Waals surface area contributed by atoms with Gasteiger partial charge in [-0.1, -0.05) is 6.92 Å². The third-order valence-electron chi connectivity index (χ3n) is 5.67. The molecule has 2 unspecified atom stereocenters. The summed E-state index contributed by atoms with van der Waals surface area (Å²) in [6.07, 6.45) is 1.71. The Morgan fingerprint density at radius 3 is 2.73 bits per heavy atom. The molecule has 3 N–H and O–H groups in total. The van der Waals surface area contributed by atoms with Crippen LogP contribution >= 0.6 is 0 Å². The lowest BCUT2D eigenvalue weighted by atomic mass is 9.70. The van der Waals surface area contributed by atoms with Gasteiger partial charge in [-0.3, -0.25) is 14.4 Å². The molecule has 3 saturated heterocycles. The molecule has 0 aliphatic carbocycles. The molecular formula is C18H29N3O5. The fourth-order valence-corrected chi connectivity index (χ4v) is 4.83. The maximum atomic E-state index is 13.1. The monoisotopic (exact) mass is 367 g/mol. The van der Waals surface area contributed by atoms with Gasteiger partial charge in [0.05, 0.1) is 24.5 Å². The van der Waals surface area contributed by atoms with Gasteiger partial charge in [0.25, 0.3) is 0 Å². The second-order valence-corrected chi connectivity index (χ2v) is 7.77. The fraction of sp³-hybridized carbons (Fsp3) is 0.833. The molecule has 146 valence electrons. The van der Waals surface area contributed by atoms with Crippen LogP contribution in [-0.2, 0) is 19.1 Å². The number of nitrogens with zero attached hydrogens (tertiary/aromatic N) is 1. The van der Waals surface area contributed by atoms with Crippen molar-refractivity contribution in [3.63, 3.8) is 0 Å². The van der Waals surface area contributed by atoms with Crippen molar-refractivity contribution in [1.29, 1.82) is 0 Å². The molecule has 3 rings (SSSR count). The van der Waals surface area contributed by atoms with Crippen LogP contribution in [0.25, 0.3) is 0 Å². The number of hydrogen-bond donors (Lipinski definition) is 3. The number of amides is 3. The van der Waals surface area contributed by atoms with E-state index in [4.69, 9.17) is 4.74 Å². The first-order valence-corrected chi connectivity index (χ1v) is 9.54. The van der Waals surface area contributed by atoms with Crippen LogP contribution in [0.2, 0.25) is 0 Å². The molecule has 1 spiro atoms. The minimum atomic E-state index is -0.968. The highest BCUT2D eigenvalue weighted by atomic mass is 16.5. The van der Waals surface area contributed by atoms with Crippen molar-refractivity contribution in [2.75, 3.05) is 19.7 Å². The van der Waals surface area contributed by atoms with E-state index in [1.807, 2.05) is 20.8 Å². The van der Waals surface area contributed by atoms with Crippen LogP contribution in [0.5, 0.6) is 0 Å². The molecule has 3 amide bonds.